The van der Waals surface area contributed by atoms with Gasteiger partial charge in [0.1, 0.15) is 19.0 Å². The molecule has 2 aromatic carbocycles. The van der Waals surface area contributed by atoms with E-state index < -0.39 is 10.1 Å². The van der Waals surface area contributed by atoms with E-state index in [9.17, 15) is 13.2 Å². The lowest BCUT2D eigenvalue weighted by molar-refractivity contribution is -0.116. The zero-order valence-electron chi connectivity index (χ0n) is 17.9. The third kappa shape index (κ3) is 5.41. The number of hydrogen-bond donors (Lipinski definition) is 0. The lowest BCUT2D eigenvalue weighted by Gasteiger charge is -2.19. The van der Waals surface area contributed by atoms with Crippen LogP contribution in [0.3, 0.4) is 0 Å². The van der Waals surface area contributed by atoms with E-state index in [1.807, 2.05) is 12.1 Å². The molecule has 1 aliphatic carbocycles. The zero-order chi connectivity index (χ0) is 22.7. The molecule has 2 aromatic rings. The number of anilines is 1. The monoisotopic (exact) mass is 459 g/mol. The van der Waals surface area contributed by atoms with Gasteiger partial charge in [0.05, 0.1) is 13.4 Å². The minimum atomic E-state index is -3.52. The number of methoxy groups -OCH3 is 1. The van der Waals surface area contributed by atoms with Crippen LogP contribution in [0.4, 0.5) is 5.69 Å². The van der Waals surface area contributed by atoms with Crippen LogP contribution in [0, 0.1) is 0 Å². The molecular weight excluding hydrogens is 434 g/mol. The summed E-state index contributed by atoms with van der Waals surface area (Å²) in [7, 11) is -2.03. The molecule has 0 atom stereocenters. The highest BCUT2D eigenvalue weighted by Crippen LogP contribution is 2.40. The standard InChI is InChI=1S/C23H25NO7S/c1-28-22-15-18(7-10-20(22)29-13-14-30-32(2,26)27)24-12-11-21(23(24)25)31-19-8-5-17(6-9-19)16-3-4-16/h5-11,15-16H,3-4,12-14H2,1-2H3. The first-order valence-corrected chi connectivity index (χ1v) is 12.1. The summed E-state index contributed by atoms with van der Waals surface area (Å²) in [5.41, 5.74) is 1.94. The molecule has 0 spiro atoms. The van der Waals surface area contributed by atoms with Crippen LogP contribution in [0.25, 0.3) is 0 Å². The van der Waals surface area contributed by atoms with Crippen molar-refractivity contribution in [3.05, 3.63) is 59.9 Å². The van der Waals surface area contributed by atoms with Gasteiger partial charge in [-0.1, -0.05) is 12.1 Å². The molecule has 0 bridgehead atoms. The Bertz CT molecular complexity index is 1120. The van der Waals surface area contributed by atoms with Gasteiger partial charge in [-0.2, -0.15) is 8.42 Å². The Morgan fingerprint density at radius 2 is 1.78 bits per heavy atom. The molecule has 0 radical (unpaired) electrons. The number of hydrogen-bond acceptors (Lipinski definition) is 7. The van der Waals surface area contributed by atoms with E-state index in [4.69, 9.17) is 14.2 Å². The van der Waals surface area contributed by atoms with Gasteiger partial charge in [0.15, 0.2) is 17.3 Å². The molecule has 1 amide bonds. The van der Waals surface area contributed by atoms with Gasteiger partial charge >= 0.3 is 0 Å². The molecule has 0 unspecified atom stereocenters. The number of benzene rings is 2. The fraction of sp³-hybridized carbons (Fsp3) is 0.348. The fourth-order valence-electron chi connectivity index (χ4n) is 3.42. The molecule has 2 aliphatic rings. The lowest BCUT2D eigenvalue weighted by atomic mass is 10.1. The summed E-state index contributed by atoms with van der Waals surface area (Å²) in [5.74, 6) is 2.17. The highest BCUT2D eigenvalue weighted by atomic mass is 32.2. The van der Waals surface area contributed by atoms with Crippen LogP contribution in [0.2, 0.25) is 0 Å². The van der Waals surface area contributed by atoms with Crippen molar-refractivity contribution in [3.8, 4) is 17.2 Å². The Morgan fingerprint density at radius 1 is 1.03 bits per heavy atom. The third-order valence-corrected chi connectivity index (χ3v) is 5.76. The van der Waals surface area contributed by atoms with Gasteiger partial charge in [-0.05, 0) is 54.7 Å². The average molecular weight is 460 g/mol. The molecule has 0 aromatic heterocycles. The lowest BCUT2D eigenvalue weighted by Crippen LogP contribution is -2.27. The molecular formula is C23H25NO7S. The number of carbonyl (C=O) groups excluding carboxylic acids is 1. The largest absolute Gasteiger partial charge is 0.493 e. The summed E-state index contributed by atoms with van der Waals surface area (Å²) in [5, 5.41) is 0. The molecule has 1 saturated carbocycles. The minimum Gasteiger partial charge on any atom is -0.493 e. The smallest absolute Gasteiger partial charge is 0.294 e. The van der Waals surface area contributed by atoms with Gasteiger partial charge in [0.2, 0.25) is 0 Å². The van der Waals surface area contributed by atoms with E-state index in [0.717, 1.165) is 6.26 Å². The molecule has 0 N–H and O–H groups in total. The van der Waals surface area contributed by atoms with Crippen molar-refractivity contribution in [3.63, 3.8) is 0 Å². The second-order valence-corrected chi connectivity index (χ2v) is 9.28. The summed E-state index contributed by atoms with van der Waals surface area (Å²) < 4.78 is 43.4. The number of rotatable bonds is 10. The second kappa shape index (κ2) is 9.22. The van der Waals surface area contributed by atoms with E-state index in [0.29, 0.717) is 35.4 Å². The summed E-state index contributed by atoms with van der Waals surface area (Å²) in [4.78, 5) is 14.4. The number of amides is 1. The molecule has 0 saturated heterocycles. The summed E-state index contributed by atoms with van der Waals surface area (Å²) in [6.07, 6.45) is 5.20. The van der Waals surface area contributed by atoms with Gasteiger partial charge in [-0.15, -0.1) is 0 Å². The van der Waals surface area contributed by atoms with Crippen molar-refractivity contribution in [1.82, 2.24) is 0 Å². The van der Waals surface area contributed by atoms with Crippen molar-refractivity contribution in [2.24, 2.45) is 0 Å². The van der Waals surface area contributed by atoms with Crippen LogP contribution in [0.15, 0.2) is 54.3 Å². The van der Waals surface area contributed by atoms with Crippen molar-refractivity contribution in [2.45, 2.75) is 18.8 Å². The van der Waals surface area contributed by atoms with Crippen LogP contribution in [-0.2, 0) is 19.1 Å². The average Bonchev–Trinajstić information content (AvgIpc) is 3.56. The van der Waals surface area contributed by atoms with Crippen LogP contribution < -0.4 is 19.1 Å². The molecule has 170 valence electrons. The van der Waals surface area contributed by atoms with Gasteiger partial charge in [0, 0.05) is 18.3 Å². The Kier molecular flexibility index (Phi) is 6.38. The SMILES string of the molecule is COc1cc(N2CC=C(Oc3ccc(C4CC4)cc3)C2=O)ccc1OCCOS(C)(=O)=O. The molecule has 32 heavy (non-hydrogen) atoms. The van der Waals surface area contributed by atoms with Crippen LogP contribution in [-0.4, -0.2) is 47.4 Å². The predicted octanol–water partition coefficient (Wildman–Crippen LogP) is 3.24. The second-order valence-electron chi connectivity index (χ2n) is 7.64. The topological polar surface area (TPSA) is 91.4 Å². The van der Waals surface area contributed by atoms with E-state index >= 15 is 0 Å². The van der Waals surface area contributed by atoms with E-state index in [2.05, 4.69) is 16.3 Å². The number of ether oxygens (including phenoxy) is 3. The maximum Gasteiger partial charge on any atom is 0.294 e. The fourth-order valence-corrected chi connectivity index (χ4v) is 3.79. The normalized spacial score (nSPS) is 16.1. The molecule has 8 nitrogen and oxygen atoms in total. The highest BCUT2D eigenvalue weighted by Gasteiger charge is 2.28. The first-order valence-electron chi connectivity index (χ1n) is 10.3. The molecule has 1 heterocycles. The van der Waals surface area contributed by atoms with Crippen LogP contribution in [0.5, 0.6) is 17.2 Å². The maximum atomic E-state index is 12.9. The Balaban J connectivity index is 1.37. The number of carbonyl (C=O) groups is 1. The van der Waals surface area contributed by atoms with Gasteiger partial charge in [-0.25, -0.2) is 0 Å². The third-order valence-electron chi connectivity index (χ3n) is 5.17. The quantitative estimate of drug-likeness (QED) is 0.398. The van der Waals surface area contributed by atoms with E-state index in [-0.39, 0.29) is 24.9 Å². The van der Waals surface area contributed by atoms with Crippen molar-refractivity contribution in [2.75, 3.05) is 38.0 Å². The van der Waals surface area contributed by atoms with Crippen LogP contribution >= 0.6 is 0 Å². The first kappa shape index (κ1) is 22.2. The molecule has 1 aliphatic heterocycles. The van der Waals surface area contributed by atoms with Crippen molar-refractivity contribution >= 4 is 21.7 Å². The van der Waals surface area contributed by atoms with Crippen LogP contribution in [0.1, 0.15) is 24.3 Å². The van der Waals surface area contributed by atoms with Gasteiger partial charge < -0.3 is 19.1 Å². The summed E-state index contributed by atoms with van der Waals surface area (Å²) in [6.45, 7) is 0.297. The summed E-state index contributed by atoms with van der Waals surface area (Å²) >= 11 is 0. The Labute approximate surface area is 187 Å². The van der Waals surface area contributed by atoms with E-state index in [1.54, 1.807) is 29.2 Å². The molecule has 9 heteroatoms. The highest BCUT2D eigenvalue weighted by molar-refractivity contribution is 7.85. The zero-order valence-corrected chi connectivity index (χ0v) is 18.8. The van der Waals surface area contributed by atoms with Gasteiger partial charge in [0.25, 0.3) is 16.0 Å². The number of nitrogens with zero attached hydrogens (tertiary/aromatic N) is 1. The first-order chi connectivity index (χ1) is 15.3. The van der Waals surface area contributed by atoms with Crippen molar-refractivity contribution in [1.29, 1.82) is 0 Å². The minimum absolute atomic E-state index is 0.0322. The maximum absolute atomic E-state index is 12.9. The van der Waals surface area contributed by atoms with Crippen molar-refractivity contribution < 1.29 is 31.6 Å². The summed E-state index contributed by atoms with van der Waals surface area (Å²) in [6, 6.07) is 13.0. The molecule has 1 fully saturated rings. The Morgan fingerprint density at radius 3 is 2.44 bits per heavy atom. The van der Waals surface area contributed by atoms with Gasteiger partial charge in [-0.3, -0.25) is 8.98 Å². The predicted molar refractivity (Wildman–Crippen MR) is 119 cm³/mol. The molecule has 4 rings (SSSR count). The Hall–Kier alpha value is -3.04. The van der Waals surface area contributed by atoms with E-state index in [1.165, 1.54) is 25.5 Å².